The molecule has 13 heavy (non-hydrogen) atoms. The van der Waals surface area contributed by atoms with Gasteiger partial charge < -0.3 is 10.0 Å². The molecule has 0 aromatic carbocycles. The second-order valence-electron chi connectivity index (χ2n) is 2.57. The first-order valence-corrected chi connectivity index (χ1v) is 4.88. The average Bonchev–Trinajstić information content (AvgIpc) is 2.23. The number of carbonyl (C=O) groups excluding carboxylic acids is 1. The summed E-state index contributed by atoms with van der Waals surface area (Å²) in [5.41, 5.74) is 0. The van der Waals surface area contributed by atoms with Crippen molar-refractivity contribution in [3.63, 3.8) is 0 Å². The van der Waals surface area contributed by atoms with Crippen LogP contribution in [0.5, 0.6) is 0 Å². The van der Waals surface area contributed by atoms with Gasteiger partial charge in [-0.1, -0.05) is 26.0 Å². The van der Waals surface area contributed by atoms with E-state index in [1.54, 1.807) is 4.90 Å². The van der Waals surface area contributed by atoms with Crippen LogP contribution in [0.3, 0.4) is 0 Å². The van der Waals surface area contributed by atoms with Gasteiger partial charge in [-0.3, -0.25) is 4.79 Å². The SMILES string of the molecule is CC.O=C(CCO)N1CC=CCC1. The molecule has 1 amide bonds. The van der Waals surface area contributed by atoms with Gasteiger partial charge in [0.25, 0.3) is 0 Å². The topological polar surface area (TPSA) is 40.5 Å². The highest BCUT2D eigenvalue weighted by molar-refractivity contribution is 5.76. The molecular formula is C10H19NO2. The first-order valence-electron chi connectivity index (χ1n) is 4.88. The molecule has 0 aromatic rings. The molecule has 0 unspecified atom stereocenters. The molecule has 1 N–H and O–H groups in total. The fourth-order valence-corrected chi connectivity index (χ4v) is 1.12. The summed E-state index contributed by atoms with van der Waals surface area (Å²) < 4.78 is 0. The van der Waals surface area contributed by atoms with Crippen molar-refractivity contribution in [2.24, 2.45) is 0 Å². The molecule has 0 aliphatic carbocycles. The second kappa shape index (κ2) is 7.80. The lowest BCUT2D eigenvalue weighted by atomic mass is 10.2. The fourth-order valence-electron chi connectivity index (χ4n) is 1.12. The van der Waals surface area contributed by atoms with Crippen LogP contribution in [0.1, 0.15) is 26.7 Å². The monoisotopic (exact) mass is 185 g/mol. The molecule has 0 saturated heterocycles. The third-order valence-corrected chi connectivity index (χ3v) is 1.74. The number of nitrogens with zero attached hydrogens (tertiary/aromatic N) is 1. The fraction of sp³-hybridized carbons (Fsp3) is 0.700. The molecule has 3 nitrogen and oxygen atoms in total. The largest absolute Gasteiger partial charge is 0.396 e. The zero-order valence-corrected chi connectivity index (χ0v) is 8.49. The van der Waals surface area contributed by atoms with Gasteiger partial charge in [-0.2, -0.15) is 0 Å². The van der Waals surface area contributed by atoms with Gasteiger partial charge in [-0.15, -0.1) is 0 Å². The Morgan fingerprint density at radius 2 is 2.15 bits per heavy atom. The molecule has 0 spiro atoms. The molecule has 3 heteroatoms. The maximum atomic E-state index is 11.1. The number of aliphatic hydroxyl groups excluding tert-OH is 1. The van der Waals surface area contributed by atoms with Crippen LogP contribution in [0, 0.1) is 0 Å². The summed E-state index contributed by atoms with van der Waals surface area (Å²) in [6.07, 6.45) is 5.26. The predicted molar refractivity (Wildman–Crippen MR) is 53.4 cm³/mol. The highest BCUT2D eigenvalue weighted by atomic mass is 16.3. The van der Waals surface area contributed by atoms with E-state index >= 15 is 0 Å². The van der Waals surface area contributed by atoms with Crippen molar-refractivity contribution in [1.29, 1.82) is 0 Å². The molecule has 76 valence electrons. The van der Waals surface area contributed by atoms with Crippen LogP contribution in [0.15, 0.2) is 12.2 Å². The summed E-state index contributed by atoms with van der Waals surface area (Å²) in [6, 6.07) is 0. The number of hydrogen-bond acceptors (Lipinski definition) is 2. The van der Waals surface area contributed by atoms with Gasteiger partial charge in [-0.05, 0) is 6.42 Å². The standard InChI is InChI=1S/C8H13NO2.C2H6/c10-7-4-8(11)9-5-2-1-3-6-9;1-2/h1-2,10H,3-7H2;1-2H3. The van der Waals surface area contributed by atoms with Crippen LogP contribution in [-0.2, 0) is 4.79 Å². The molecule has 1 aliphatic rings. The molecule has 0 bridgehead atoms. The molecule has 0 radical (unpaired) electrons. The van der Waals surface area contributed by atoms with Crippen LogP contribution < -0.4 is 0 Å². The smallest absolute Gasteiger partial charge is 0.225 e. The lowest BCUT2D eigenvalue weighted by Crippen LogP contribution is -2.34. The van der Waals surface area contributed by atoms with E-state index in [2.05, 4.69) is 6.08 Å². The van der Waals surface area contributed by atoms with Gasteiger partial charge in [0.15, 0.2) is 0 Å². The normalized spacial score (nSPS) is 14.8. The van der Waals surface area contributed by atoms with E-state index in [0.29, 0.717) is 6.54 Å². The van der Waals surface area contributed by atoms with E-state index in [9.17, 15) is 4.79 Å². The Morgan fingerprint density at radius 3 is 2.62 bits per heavy atom. The molecule has 0 saturated carbocycles. The number of amides is 1. The van der Waals surface area contributed by atoms with E-state index in [4.69, 9.17) is 5.11 Å². The number of aliphatic hydroxyl groups is 1. The van der Waals surface area contributed by atoms with Crippen LogP contribution in [0.2, 0.25) is 0 Å². The minimum atomic E-state index is -0.0426. The van der Waals surface area contributed by atoms with E-state index in [0.717, 1.165) is 13.0 Å². The third-order valence-electron chi connectivity index (χ3n) is 1.74. The van der Waals surface area contributed by atoms with Crippen molar-refractivity contribution in [2.45, 2.75) is 26.7 Å². The molecule has 0 aromatic heterocycles. The Kier molecular flexibility index (Phi) is 7.30. The summed E-state index contributed by atoms with van der Waals surface area (Å²) >= 11 is 0. The van der Waals surface area contributed by atoms with Crippen molar-refractivity contribution >= 4 is 5.91 Å². The lowest BCUT2D eigenvalue weighted by molar-refractivity contribution is -0.131. The zero-order chi connectivity index (χ0) is 10.1. The minimum Gasteiger partial charge on any atom is -0.396 e. The molecule has 0 atom stereocenters. The van der Waals surface area contributed by atoms with Gasteiger partial charge in [0.1, 0.15) is 0 Å². The van der Waals surface area contributed by atoms with Crippen molar-refractivity contribution in [2.75, 3.05) is 19.7 Å². The van der Waals surface area contributed by atoms with Crippen molar-refractivity contribution in [3.8, 4) is 0 Å². The van der Waals surface area contributed by atoms with Crippen LogP contribution in [0.25, 0.3) is 0 Å². The maximum Gasteiger partial charge on any atom is 0.225 e. The van der Waals surface area contributed by atoms with Gasteiger partial charge in [-0.25, -0.2) is 0 Å². The summed E-state index contributed by atoms with van der Waals surface area (Å²) in [5.74, 6) is 0.0526. The Morgan fingerprint density at radius 1 is 1.46 bits per heavy atom. The highest BCUT2D eigenvalue weighted by Gasteiger charge is 2.11. The first kappa shape index (κ1) is 12.2. The summed E-state index contributed by atoms with van der Waals surface area (Å²) in [7, 11) is 0. The Balaban J connectivity index is 0.000000671. The molecule has 1 heterocycles. The Bertz CT molecular complexity index is 166. The summed E-state index contributed by atoms with van der Waals surface area (Å²) in [4.78, 5) is 12.9. The second-order valence-corrected chi connectivity index (χ2v) is 2.57. The Labute approximate surface area is 80.0 Å². The van der Waals surface area contributed by atoms with Crippen molar-refractivity contribution in [3.05, 3.63) is 12.2 Å². The van der Waals surface area contributed by atoms with Gasteiger partial charge in [0.05, 0.1) is 6.61 Å². The third kappa shape index (κ3) is 4.68. The lowest BCUT2D eigenvalue weighted by Gasteiger charge is -2.22. The van der Waals surface area contributed by atoms with Crippen molar-refractivity contribution < 1.29 is 9.90 Å². The summed E-state index contributed by atoms with van der Waals surface area (Å²) in [6.45, 7) is 5.47. The molecule has 1 rings (SSSR count). The predicted octanol–water partition coefficient (Wildman–Crippen LogP) is 1.18. The first-order chi connectivity index (χ1) is 6.34. The van der Waals surface area contributed by atoms with Crippen LogP contribution in [-0.4, -0.2) is 35.6 Å². The minimum absolute atomic E-state index is 0.0426. The molecule has 0 fully saturated rings. The average molecular weight is 185 g/mol. The van der Waals surface area contributed by atoms with E-state index in [1.807, 2.05) is 19.9 Å². The molecular weight excluding hydrogens is 166 g/mol. The van der Waals surface area contributed by atoms with Crippen LogP contribution in [0.4, 0.5) is 0 Å². The maximum absolute atomic E-state index is 11.1. The van der Waals surface area contributed by atoms with Gasteiger partial charge >= 0.3 is 0 Å². The van der Waals surface area contributed by atoms with Gasteiger partial charge in [0.2, 0.25) is 5.91 Å². The Hall–Kier alpha value is -0.830. The molecule has 1 aliphatic heterocycles. The number of rotatable bonds is 2. The zero-order valence-electron chi connectivity index (χ0n) is 8.49. The van der Waals surface area contributed by atoms with E-state index in [-0.39, 0.29) is 18.9 Å². The number of carbonyl (C=O) groups is 1. The summed E-state index contributed by atoms with van der Waals surface area (Å²) in [5, 5.41) is 8.50. The van der Waals surface area contributed by atoms with Crippen LogP contribution >= 0.6 is 0 Å². The number of hydrogen-bond donors (Lipinski definition) is 1. The quantitative estimate of drug-likeness (QED) is 0.656. The van der Waals surface area contributed by atoms with E-state index in [1.165, 1.54) is 0 Å². The van der Waals surface area contributed by atoms with Gasteiger partial charge in [0, 0.05) is 19.5 Å². The highest BCUT2D eigenvalue weighted by Crippen LogP contribution is 2.02. The van der Waals surface area contributed by atoms with E-state index < -0.39 is 0 Å². The van der Waals surface area contributed by atoms with Crippen molar-refractivity contribution in [1.82, 2.24) is 4.90 Å².